The largest absolute Gasteiger partial charge is 0.490 e. The number of benzene rings is 2. The summed E-state index contributed by atoms with van der Waals surface area (Å²) in [6.45, 7) is 4.94. The lowest BCUT2D eigenvalue weighted by Crippen LogP contribution is -2.02. The highest BCUT2D eigenvalue weighted by Crippen LogP contribution is 2.32. The van der Waals surface area contributed by atoms with Gasteiger partial charge < -0.3 is 14.6 Å². The van der Waals surface area contributed by atoms with Crippen molar-refractivity contribution in [3.63, 3.8) is 0 Å². The van der Waals surface area contributed by atoms with Crippen LogP contribution in [0.2, 0.25) is 0 Å². The Labute approximate surface area is 119 Å². The van der Waals surface area contributed by atoms with E-state index >= 15 is 0 Å². The molecule has 0 aliphatic carbocycles. The summed E-state index contributed by atoms with van der Waals surface area (Å²) in [5, 5.41) is 9.42. The maximum atomic E-state index is 9.42. The molecular formula is C17H20O3. The first-order valence-corrected chi connectivity index (χ1v) is 6.78. The maximum Gasteiger partial charge on any atom is 0.167 e. The van der Waals surface area contributed by atoms with E-state index in [0.717, 1.165) is 11.1 Å². The summed E-state index contributed by atoms with van der Waals surface area (Å²) in [4.78, 5) is 0. The molecule has 0 aliphatic heterocycles. The van der Waals surface area contributed by atoms with Crippen LogP contribution in [0.15, 0.2) is 42.5 Å². The van der Waals surface area contributed by atoms with Crippen LogP contribution in [-0.4, -0.2) is 11.7 Å². The van der Waals surface area contributed by atoms with Gasteiger partial charge in [0.25, 0.3) is 0 Å². The van der Waals surface area contributed by atoms with Gasteiger partial charge in [-0.05, 0) is 25.5 Å². The minimum atomic E-state index is -0.0654. The SMILES string of the molecule is CCOc1cccc(CO)c1OCc1cccc(C)c1. The number of ether oxygens (including phenoxy) is 2. The monoisotopic (exact) mass is 272 g/mol. The molecular weight excluding hydrogens is 252 g/mol. The zero-order chi connectivity index (χ0) is 14.4. The van der Waals surface area contributed by atoms with Crippen LogP contribution in [0.4, 0.5) is 0 Å². The van der Waals surface area contributed by atoms with E-state index < -0.39 is 0 Å². The van der Waals surface area contributed by atoms with Gasteiger partial charge in [-0.1, -0.05) is 42.0 Å². The topological polar surface area (TPSA) is 38.7 Å². The van der Waals surface area contributed by atoms with Gasteiger partial charge in [-0.15, -0.1) is 0 Å². The molecule has 0 fully saturated rings. The van der Waals surface area contributed by atoms with Crippen LogP contribution >= 0.6 is 0 Å². The Balaban J connectivity index is 2.19. The van der Waals surface area contributed by atoms with E-state index in [1.165, 1.54) is 5.56 Å². The molecule has 0 spiro atoms. The van der Waals surface area contributed by atoms with Crippen LogP contribution in [0.3, 0.4) is 0 Å². The maximum absolute atomic E-state index is 9.42. The average Bonchev–Trinajstić information content (AvgIpc) is 2.46. The highest BCUT2D eigenvalue weighted by atomic mass is 16.5. The Morgan fingerprint density at radius 1 is 1.05 bits per heavy atom. The molecule has 2 aromatic rings. The summed E-state index contributed by atoms with van der Waals surface area (Å²) in [6, 6.07) is 13.7. The molecule has 2 rings (SSSR count). The number of hydrogen-bond acceptors (Lipinski definition) is 3. The van der Waals surface area contributed by atoms with Crippen molar-refractivity contribution in [2.24, 2.45) is 0 Å². The van der Waals surface area contributed by atoms with Crippen molar-refractivity contribution in [3.05, 3.63) is 59.2 Å². The summed E-state index contributed by atoms with van der Waals surface area (Å²) in [5.74, 6) is 1.30. The fourth-order valence-electron chi connectivity index (χ4n) is 2.08. The van der Waals surface area contributed by atoms with Gasteiger partial charge in [-0.3, -0.25) is 0 Å². The number of aryl methyl sites for hydroxylation is 1. The van der Waals surface area contributed by atoms with Crippen LogP contribution in [-0.2, 0) is 13.2 Å². The van der Waals surface area contributed by atoms with Crippen LogP contribution in [0.25, 0.3) is 0 Å². The standard InChI is InChI=1S/C17H20O3/c1-3-19-16-9-5-8-15(11-18)17(16)20-12-14-7-4-6-13(2)10-14/h4-10,18H,3,11-12H2,1-2H3. The van der Waals surface area contributed by atoms with Gasteiger partial charge >= 0.3 is 0 Å². The summed E-state index contributed by atoms with van der Waals surface area (Å²) >= 11 is 0. The third-order valence-electron chi connectivity index (χ3n) is 3.00. The second kappa shape index (κ2) is 6.96. The molecule has 3 nitrogen and oxygen atoms in total. The molecule has 0 saturated heterocycles. The third-order valence-corrected chi connectivity index (χ3v) is 3.00. The molecule has 0 atom stereocenters. The Kier molecular flexibility index (Phi) is 5.02. The zero-order valence-corrected chi connectivity index (χ0v) is 11.9. The molecule has 106 valence electrons. The van der Waals surface area contributed by atoms with E-state index in [2.05, 4.69) is 19.1 Å². The van der Waals surface area contributed by atoms with Gasteiger partial charge in [0.1, 0.15) is 6.61 Å². The first-order valence-electron chi connectivity index (χ1n) is 6.78. The number of aliphatic hydroxyl groups excluding tert-OH is 1. The van der Waals surface area contributed by atoms with Gasteiger partial charge in [-0.25, -0.2) is 0 Å². The Bertz CT molecular complexity index is 564. The normalized spacial score (nSPS) is 10.3. The predicted molar refractivity (Wildman–Crippen MR) is 79.0 cm³/mol. The van der Waals surface area contributed by atoms with Crippen molar-refractivity contribution in [2.45, 2.75) is 27.1 Å². The third kappa shape index (κ3) is 3.52. The summed E-state index contributed by atoms with van der Waals surface area (Å²) in [6.07, 6.45) is 0. The van der Waals surface area contributed by atoms with Crippen molar-refractivity contribution in [1.82, 2.24) is 0 Å². The second-order valence-electron chi connectivity index (χ2n) is 4.61. The van der Waals surface area contributed by atoms with Gasteiger partial charge in [0.05, 0.1) is 13.2 Å². The molecule has 0 amide bonds. The highest BCUT2D eigenvalue weighted by Gasteiger charge is 2.10. The van der Waals surface area contributed by atoms with Crippen LogP contribution < -0.4 is 9.47 Å². The van der Waals surface area contributed by atoms with Crippen molar-refractivity contribution < 1.29 is 14.6 Å². The minimum absolute atomic E-state index is 0.0654. The molecule has 0 radical (unpaired) electrons. The average molecular weight is 272 g/mol. The lowest BCUT2D eigenvalue weighted by atomic mass is 10.1. The van der Waals surface area contributed by atoms with Crippen molar-refractivity contribution in [1.29, 1.82) is 0 Å². The molecule has 20 heavy (non-hydrogen) atoms. The van der Waals surface area contributed by atoms with Crippen molar-refractivity contribution in [2.75, 3.05) is 6.61 Å². The first kappa shape index (κ1) is 14.4. The minimum Gasteiger partial charge on any atom is -0.490 e. The summed E-state index contributed by atoms with van der Waals surface area (Å²) in [7, 11) is 0. The Morgan fingerprint density at radius 3 is 2.55 bits per heavy atom. The highest BCUT2D eigenvalue weighted by molar-refractivity contribution is 5.46. The fourth-order valence-corrected chi connectivity index (χ4v) is 2.08. The van der Waals surface area contributed by atoms with E-state index in [4.69, 9.17) is 9.47 Å². The van der Waals surface area contributed by atoms with Gasteiger partial charge in [-0.2, -0.15) is 0 Å². The van der Waals surface area contributed by atoms with Crippen molar-refractivity contribution in [3.8, 4) is 11.5 Å². The molecule has 3 heteroatoms. The van der Waals surface area contributed by atoms with E-state index in [0.29, 0.717) is 24.7 Å². The second-order valence-corrected chi connectivity index (χ2v) is 4.61. The predicted octanol–water partition coefficient (Wildman–Crippen LogP) is 3.47. The van der Waals surface area contributed by atoms with Crippen molar-refractivity contribution >= 4 is 0 Å². The number of aliphatic hydroxyl groups is 1. The quantitative estimate of drug-likeness (QED) is 0.875. The fraction of sp³-hybridized carbons (Fsp3) is 0.294. The van der Waals surface area contributed by atoms with Gasteiger partial charge in [0, 0.05) is 5.56 Å². The molecule has 2 aromatic carbocycles. The first-order chi connectivity index (χ1) is 9.74. The zero-order valence-electron chi connectivity index (χ0n) is 11.9. The molecule has 1 N–H and O–H groups in total. The molecule has 0 unspecified atom stereocenters. The Hall–Kier alpha value is -2.00. The molecule has 0 heterocycles. The summed E-state index contributed by atoms with van der Waals surface area (Å²) < 4.78 is 11.4. The Morgan fingerprint density at radius 2 is 1.85 bits per heavy atom. The van der Waals surface area contributed by atoms with E-state index in [1.54, 1.807) is 0 Å². The lowest BCUT2D eigenvalue weighted by Gasteiger charge is -2.15. The number of rotatable bonds is 6. The molecule has 0 aromatic heterocycles. The van der Waals surface area contributed by atoms with Crippen LogP contribution in [0, 0.1) is 6.92 Å². The van der Waals surface area contributed by atoms with E-state index in [1.807, 2.05) is 37.3 Å². The smallest absolute Gasteiger partial charge is 0.167 e. The van der Waals surface area contributed by atoms with Gasteiger partial charge in [0.15, 0.2) is 11.5 Å². The van der Waals surface area contributed by atoms with Crippen LogP contribution in [0.1, 0.15) is 23.6 Å². The van der Waals surface area contributed by atoms with E-state index in [-0.39, 0.29) is 6.61 Å². The lowest BCUT2D eigenvalue weighted by molar-refractivity contribution is 0.243. The number of hydrogen-bond donors (Lipinski definition) is 1. The molecule has 0 bridgehead atoms. The van der Waals surface area contributed by atoms with Gasteiger partial charge in [0.2, 0.25) is 0 Å². The number of para-hydroxylation sites is 1. The van der Waals surface area contributed by atoms with E-state index in [9.17, 15) is 5.11 Å². The summed E-state index contributed by atoms with van der Waals surface area (Å²) in [5.41, 5.74) is 3.04. The molecule has 0 saturated carbocycles. The van der Waals surface area contributed by atoms with Crippen LogP contribution in [0.5, 0.6) is 11.5 Å². The molecule has 0 aliphatic rings.